The Kier molecular flexibility index (Phi) is 5.65. The molecule has 1 N–H and O–H groups in total. The van der Waals surface area contributed by atoms with Gasteiger partial charge in [0, 0.05) is 11.0 Å². The van der Waals surface area contributed by atoms with E-state index in [-0.39, 0.29) is 12.0 Å². The highest BCUT2D eigenvalue weighted by Gasteiger charge is 2.13. The molecule has 94 valence electrons. The molecule has 0 bridgehead atoms. The largest absolute Gasteiger partial charge is 0.465 e. The first-order valence-electron chi connectivity index (χ1n) is 5.69. The van der Waals surface area contributed by atoms with Gasteiger partial charge in [0.05, 0.1) is 6.61 Å². The molecule has 17 heavy (non-hydrogen) atoms. The first-order valence-corrected chi connectivity index (χ1v) is 6.49. The smallest absolute Gasteiger partial charge is 0.322 e. The molecule has 1 unspecified atom stereocenters. The second-order valence-electron chi connectivity index (χ2n) is 3.95. The molecule has 0 spiro atoms. The van der Waals surface area contributed by atoms with E-state index < -0.39 is 0 Å². The van der Waals surface area contributed by atoms with Crippen molar-refractivity contribution >= 4 is 21.9 Å². The Morgan fingerprint density at radius 2 is 2.24 bits per heavy atom. The lowest BCUT2D eigenvalue weighted by atomic mass is 10.1. The van der Waals surface area contributed by atoms with Crippen molar-refractivity contribution in [3.63, 3.8) is 0 Å². The first-order chi connectivity index (χ1) is 8.04. The van der Waals surface area contributed by atoms with Gasteiger partial charge in [-0.1, -0.05) is 28.1 Å². The van der Waals surface area contributed by atoms with Crippen LogP contribution >= 0.6 is 15.9 Å². The third-order valence-electron chi connectivity index (χ3n) is 2.45. The van der Waals surface area contributed by atoms with Crippen LogP contribution in [0.5, 0.6) is 0 Å². The molecule has 3 nitrogen and oxygen atoms in total. The number of esters is 1. The zero-order valence-electron chi connectivity index (χ0n) is 10.4. The van der Waals surface area contributed by atoms with E-state index in [4.69, 9.17) is 4.74 Å². The van der Waals surface area contributed by atoms with Crippen molar-refractivity contribution in [3.8, 4) is 0 Å². The summed E-state index contributed by atoms with van der Waals surface area (Å²) in [6.07, 6.45) is 0. The Balaban J connectivity index is 2.52. The molecular weight excluding hydrogens is 282 g/mol. The molecule has 0 fully saturated rings. The highest BCUT2D eigenvalue weighted by molar-refractivity contribution is 9.10. The Morgan fingerprint density at radius 1 is 1.53 bits per heavy atom. The minimum absolute atomic E-state index is 0.212. The number of nitrogens with one attached hydrogen (secondary N) is 1. The SMILES string of the molecule is CCOC(=O)C(C)NCc1ccc(C)cc1Br. The molecule has 1 atom stereocenters. The molecule has 1 aromatic carbocycles. The highest BCUT2D eigenvalue weighted by atomic mass is 79.9. The molecule has 0 aliphatic heterocycles. The van der Waals surface area contributed by atoms with Gasteiger partial charge in [0.25, 0.3) is 0 Å². The number of ether oxygens (including phenoxy) is 1. The van der Waals surface area contributed by atoms with Crippen LogP contribution in [0.15, 0.2) is 22.7 Å². The van der Waals surface area contributed by atoms with Gasteiger partial charge in [0.2, 0.25) is 0 Å². The van der Waals surface area contributed by atoms with Gasteiger partial charge < -0.3 is 10.1 Å². The van der Waals surface area contributed by atoms with E-state index in [9.17, 15) is 4.79 Å². The second-order valence-corrected chi connectivity index (χ2v) is 4.80. The van der Waals surface area contributed by atoms with Crippen LogP contribution < -0.4 is 5.32 Å². The minimum atomic E-state index is -0.289. The summed E-state index contributed by atoms with van der Waals surface area (Å²) in [5.74, 6) is -0.212. The fourth-order valence-corrected chi connectivity index (χ4v) is 2.04. The number of hydrogen-bond donors (Lipinski definition) is 1. The van der Waals surface area contributed by atoms with E-state index >= 15 is 0 Å². The third kappa shape index (κ3) is 4.48. The molecule has 1 aromatic rings. The van der Waals surface area contributed by atoms with E-state index in [1.54, 1.807) is 13.8 Å². The molecule has 0 saturated carbocycles. The Labute approximate surface area is 111 Å². The van der Waals surface area contributed by atoms with Gasteiger partial charge in [-0.05, 0) is 38.0 Å². The summed E-state index contributed by atoms with van der Waals surface area (Å²) in [7, 11) is 0. The molecule has 1 rings (SSSR count). The Hall–Kier alpha value is -0.870. The number of halogens is 1. The second kappa shape index (κ2) is 6.77. The van der Waals surface area contributed by atoms with Gasteiger partial charge in [-0.3, -0.25) is 4.79 Å². The minimum Gasteiger partial charge on any atom is -0.465 e. The lowest BCUT2D eigenvalue weighted by molar-refractivity contribution is -0.145. The standard InChI is InChI=1S/C13H18BrNO2/c1-4-17-13(16)10(3)15-8-11-6-5-9(2)7-12(11)14/h5-7,10,15H,4,8H2,1-3H3. The van der Waals surface area contributed by atoms with E-state index in [0.717, 1.165) is 10.0 Å². The number of aryl methyl sites for hydroxylation is 1. The van der Waals surface area contributed by atoms with Crippen LogP contribution in [-0.2, 0) is 16.1 Å². The maximum atomic E-state index is 11.4. The Bertz CT molecular complexity index is 393. The van der Waals surface area contributed by atoms with Gasteiger partial charge >= 0.3 is 5.97 Å². The zero-order chi connectivity index (χ0) is 12.8. The maximum Gasteiger partial charge on any atom is 0.322 e. The number of carbonyl (C=O) groups is 1. The van der Waals surface area contributed by atoms with Crippen molar-refractivity contribution in [2.45, 2.75) is 33.4 Å². The molecule has 0 aliphatic carbocycles. The topological polar surface area (TPSA) is 38.3 Å². The molecule has 4 heteroatoms. The molecular formula is C13H18BrNO2. The number of carbonyl (C=O) groups excluding carboxylic acids is 1. The zero-order valence-corrected chi connectivity index (χ0v) is 12.0. The third-order valence-corrected chi connectivity index (χ3v) is 3.19. The van der Waals surface area contributed by atoms with Gasteiger partial charge in [-0.2, -0.15) is 0 Å². The predicted octanol–water partition coefficient (Wildman–Crippen LogP) is 2.80. The summed E-state index contributed by atoms with van der Waals surface area (Å²) >= 11 is 3.51. The normalized spacial score (nSPS) is 12.2. The van der Waals surface area contributed by atoms with Gasteiger partial charge in [0.15, 0.2) is 0 Å². The van der Waals surface area contributed by atoms with Crippen molar-refractivity contribution in [3.05, 3.63) is 33.8 Å². The average molecular weight is 300 g/mol. The molecule has 0 heterocycles. The molecule has 0 saturated heterocycles. The van der Waals surface area contributed by atoms with Crippen LogP contribution in [0.3, 0.4) is 0 Å². The number of rotatable bonds is 5. The van der Waals surface area contributed by atoms with E-state index in [1.165, 1.54) is 5.56 Å². The Morgan fingerprint density at radius 3 is 2.82 bits per heavy atom. The first kappa shape index (κ1) is 14.2. The highest BCUT2D eigenvalue weighted by Crippen LogP contribution is 2.18. The van der Waals surface area contributed by atoms with E-state index in [1.807, 2.05) is 13.0 Å². The molecule has 0 amide bonds. The van der Waals surface area contributed by atoms with Gasteiger partial charge in [-0.25, -0.2) is 0 Å². The lowest BCUT2D eigenvalue weighted by Crippen LogP contribution is -2.34. The van der Waals surface area contributed by atoms with E-state index in [2.05, 4.69) is 33.4 Å². The molecule has 0 radical (unpaired) electrons. The van der Waals surface area contributed by atoms with Gasteiger partial charge in [0.1, 0.15) is 6.04 Å². The van der Waals surface area contributed by atoms with Crippen LogP contribution in [0.1, 0.15) is 25.0 Å². The monoisotopic (exact) mass is 299 g/mol. The lowest BCUT2D eigenvalue weighted by Gasteiger charge is -2.13. The molecule has 0 aliphatic rings. The predicted molar refractivity (Wildman–Crippen MR) is 71.8 cm³/mol. The number of benzene rings is 1. The van der Waals surface area contributed by atoms with Crippen LogP contribution in [0.4, 0.5) is 0 Å². The van der Waals surface area contributed by atoms with Crippen LogP contribution in [0, 0.1) is 6.92 Å². The van der Waals surface area contributed by atoms with Crippen molar-refractivity contribution < 1.29 is 9.53 Å². The van der Waals surface area contributed by atoms with Crippen molar-refractivity contribution in [2.75, 3.05) is 6.61 Å². The maximum absolute atomic E-state index is 11.4. The molecule has 0 aromatic heterocycles. The number of hydrogen-bond acceptors (Lipinski definition) is 3. The summed E-state index contributed by atoms with van der Waals surface area (Å²) in [5, 5.41) is 3.14. The van der Waals surface area contributed by atoms with E-state index in [0.29, 0.717) is 13.2 Å². The summed E-state index contributed by atoms with van der Waals surface area (Å²) in [4.78, 5) is 11.4. The fourth-order valence-electron chi connectivity index (χ4n) is 1.41. The van der Waals surface area contributed by atoms with Crippen molar-refractivity contribution in [1.29, 1.82) is 0 Å². The van der Waals surface area contributed by atoms with Crippen LogP contribution in [-0.4, -0.2) is 18.6 Å². The fraction of sp³-hybridized carbons (Fsp3) is 0.462. The van der Waals surface area contributed by atoms with Crippen LogP contribution in [0.25, 0.3) is 0 Å². The summed E-state index contributed by atoms with van der Waals surface area (Å²) < 4.78 is 5.98. The summed E-state index contributed by atoms with van der Waals surface area (Å²) in [6.45, 7) is 6.71. The quantitative estimate of drug-likeness (QED) is 0.850. The van der Waals surface area contributed by atoms with Crippen molar-refractivity contribution in [2.24, 2.45) is 0 Å². The van der Waals surface area contributed by atoms with Crippen LogP contribution in [0.2, 0.25) is 0 Å². The van der Waals surface area contributed by atoms with Gasteiger partial charge in [-0.15, -0.1) is 0 Å². The van der Waals surface area contributed by atoms with Crippen molar-refractivity contribution in [1.82, 2.24) is 5.32 Å². The summed E-state index contributed by atoms with van der Waals surface area (Å²) in [5.41, 5.74) is 2.34. The summed E-state index contributed by atoms with van der Waals surface area (Å²) in [6, 6.07) is 5.87. The average Bonchev–Trinajstić information content (AvgIpc) is 2.27.